The number of aromatic amines is 1. The Morgan fingerprint density at radius 2 is 2.33 bits per heavy atom. The number of nitrogens with zero attached hydrogens (tertiary/aromatic N) is 2. The van der Waals surface area contributed by atoms with Crippen LogP contribution in [-0.2, 0) is 11.3 Å². The number of hydrogen-bond acceptors (Lipinski definition) is 5. The first-order valence-electron chi connectivity index (χ1n) is 5.06. The summed E-state index contributed by atoms with van der Waals surface area (Å²) in [6, 6.07) is 5.39. The van der Waals surface area contributed by atoms with Crippen LogP contribution in [0.1, 0.15) is 15.9 Å². The van der Waals surface area contributed by atoms with Crippen molar-refractivity contribution in [2.75, 3.05) is 0 Å². The fraction of sp³-hybridized carbons (Fsp3) is 0.0909. The summed E-state index contributed by atoms with van der Waals surface area (Å²) in [6.45, 7) is 0.0675. The molecule has 0 aliphatic rings. The molecule has 0 aliphatic carbocycles. The number of benzene rings is 1. The number of ether oxygens (including phenoxy) is 1. The molecular formula is C11H9N3O4. The highest BCUT2D eigenvalue weighted by Gasteiger charge is 2.12. The summed E-state index contributed by atoms with van der Waals surface area (Å²) >= 11 is 0. The number of hydrogen-bond donors (Lipinski definition) is 1. The SMILES string of the molecule is O=C(OCc1cn[nH]c1)c1cccc([N+](=O)[O-])c1. The quantitative estimate of drug-likeness (QED) is 0.503. The van der Waals surface area contributed by atoms with Gasteiger partial charge in [-0.3, -0.25) is 15.2 Å². The molecule has 1 heterocycles. The summed E-state index contributed by atoms with van der Waals surface area (Å²) in [5.41, 5.74) is 0.717. The lowest BCUT2D eigenvalue weighted by molar-refractivity contribution is -0.384. The molecule has 0 atom stereocenters. The van der Waals surface area contributed by atoms with Gasteiger partial charge in [0.25, 0.3) is 5.69 Å². The lowest BCUT2D eigenvalue weighted by Gasteiger charge is -2.02. The summed E-state index contributed by atoms with van der Waals surface area (Å²) in [5, 5.41) is 16.9. The molecule has 1 aromatic carbocycles. The first kappa shape index (κ1) is 11.8. The van der Waals surface area contributed by atoms with Gasteiger partial charge in [0, 0.05) is 23.9 Å². The van der Waals surface area contributed by atoms with E-state index >= 15 is 0 Å². The van der Waals surface area contributed by atoms with Gasteiger partial charge in [-0.15, -0.1) is 0 Å². The zero-order valence-electron chi connectivity index (χ0n) is 9.20. The molecule has 0 aliphatic heterocycles. The van der Waals surface area contributed by atoms with Crippen molar-refractivity contribution in [2.45, 2.75) is 6.61 Å². The van der Waals surface area contributed by atoms with Gasteiger partial charge >= 0.3 is 5.97 Å². The number of aromatic nitrogens is 2. The van der Waals surface area contributed by atoms with E-state index in [4.69, 9.17) is 4.74 Å². The third kappa shape index (κ3) is 2.70. The molecule has 0 saturated carbocycles. The van der Waals surface area contributed by atoms with Crippen molar-refractivity contribution in [3.63, 3.8) is 0 Å². The molecular weight excluding hydrogens is 238 g/mol. The van der Waals surface area contributed by atoms with Crippen molar-refractivity contribution in [2.24, 2.45) is 0 Å². The third-order valence-corrected chi connectivity index (χ3v) is 2.22. The Kier molecular flexibility index (Phi) is 3.33. The maximum atomic E-state index is 11.6. The third-order valence-electron chi connectivity index (χ3n) is 2.22. The van der Waals surface area contributed by atoms with Crippen LogP contribution < -0.4 is 0 Å². The lowest BCUT2D eigenvalue weighted by Crippen LogP contribution is -2.05. The molecule has 1 N–H and O–H groups in total. The molecule has 1 aromatic heterocycles. The van der Waals surface area contributed by atoms with Gasteiger partial charge in [-0.2, -0.15) is 5.10 Å². The van der Waals surface area contributed by atoms with Crippen molar-refractivity contribution in [1.29, 1.82) is 0 Å². The number of non-ortho nitro benzene ring substituents is 1. The highest BCUT2D eigenvalue weighted by atomic mass is 16.6. The van der Waals surface area contributed by atoms with E-state index < -0.39 is 10.9 Å². The summed E-state index contributed by atoms with van der Waals surface area (Å²) in [5.74, 6) is -0.611. The highest BCUT2D eigenvalue weighted by molar-refractivity contribution is 5.90. The van der Waals surface area contributed by atoms with Gasteiger partial charge in [0.1, 0.15) is 6.61 Å². The standard InChI is InChI=1S/C11H9N3O4/c15-11(18-7-8-5-12-13-6-8)9-2-1-3-10(4-9)14(16)17/h1-6H,7H2,(H,12,13). The number of esters is 1. The number of carbonyl (C=O) groups is 1. The summed E-state index contributed by atoms with van der Waals surface area (Å²) in [7, 11) is 0. The fourth-order valence-corrected chi connectivity index (χ4v) is 1.34. The van der Waals surface area contributed by atoms with Crippen LogP contribution in [0.5, 0.6) is 0 Å². The second kappa shape index (κ2) is 5.09. The topological polar surface area (TPSA) is 98.1 Å². The maximum Gasteiger partial charge on any atom is 0.338 e. The van der Waals surface area contributed by atoms with Crippen LogP contribution in [-0.4, -0.2) is 21.1 Å². The predicted molar refractivity (Wildman–Crippen MR) is 60.8 cm³/mol. The number of rotatable bonds is 4. The highest BCUT2D eigenvalue weighted by Crippen LogP contribution is 2.14. The average molecular weight is 247 g/mol. The van der Waals surface area contributed by atoms with Gasteiger partial charge in [-0.25, -0.2) is 4.79 Å². The number of nitro benzene ring substituents is 1. The smallest absolute Gasteiger partial charge is 0.338 e. The Hall–Kier alpha value is -2.70. The zero-order chi connectivity index (χ0) is 13.0. The Morgan fingerprint density at radius 3 is 3.00 bits per heavy atom. The van der Waals surface area contributed by atoms with Gasteiger partial charge in [0.05, 0.1) is 16.7 Å². The summed E-state index contributed by atoms with van der Waals surface area (Å²) in [6.07, 6.45) is 3.13. The average Bonchev–Trinajstić information content (AvgIpc) is 2.89. The monoisotopic (exact) mass is 247 g/mol. The van der Waals surface area contributed by atoms with E-state index in [-0.39, 0.29) is 17.9 Å². The van der Waals surface area contributed by atoms with Crippen molar-refractivity contribution < 1.29 is 14.5 Å². The van der Waals surface area contributed by atoms with Crippen LogP contribution in [0.25, 0.3) is 0 Å². The number of nitrogens with one attached hydrogen (secondary N) is 1. The zero-order valence-corrected chi connectivity index (χ0v) is 9.20. The van der Waals surface area contributed by atoms with E-state index in [9.17, 15) is 14.9 Å². The Morgan fingerprint density at radius 1 is 1.50 bits per heavy atom. The van der Waals surface area contributed by atoms with E-state index in [1.165, 1.54) is 30.5 Å². The van der Waals surface area contributed by atoms with Crippen molar-refractivity contribution in [1.82, 2.24) is 10.2 Å². The normalized spacial score (nSPS) is 10.0. The molecule has 2 rings (SSSR count). The molecule has 7 heteroatoms. The number of H-pyrrole nitrogens is 1. The second-order valence-corrected chi connectivity index (χ2v) is 3.49. The minimum atomic E-state index is -0.611. The lowest BCUT2D eigenvalue weighted by atomic mass is 10.2. The first-order valence-corrected chi connectivity index (χ1v) is 5.06. The van der Waals surface area contributed by atoms with Gasteiger partial charge in [-0.1, -0.05) is 6.07 Å². The van der Waals surface area contributed by atoms with Crippen molar-refractivity contribution in [3.05, 3.63) is 57.9 Å². The van der Waals surface area contributed by atoms with E-state index in [0.29, 0.717) is 5.56 Å². The molecule has 7 nitrogen and oxygen atoms in total. The molecule has 0 unspecified atom stereocenters. The summed E-state index contributed by atoms with van der Waals surface area (Å²) in [4.78, 5) is 21.6. The van der Waals surface area contributed by atoms with Crippen LogP contribution in [0, 0.1) is 10.1 Å². The molecule has 0 spiro atoms. The van der Waals surface area contributed by atoms with Crippen LogP contribution in [0.3, 0.4) is 0 Å². The van der Waals surface area contributed by atoms with Gasteiger partial charge in [0.2, 0.25) is 0 Å². The molecule has 0 amide bonds. The number of carbonyl (C=O) groups excluding carboxylic acids is 1. The van der Waals surface area contributed by atoms with E-state index in [2.05, 4.69) is 10.2 Å². The Labute approximate surface area is 102 Å². The van der Waals surface area contributed by atoms with Crippen LogP contribution >= 0.6 is 0 Å². The van der Waals surface area contributed by atoms with Crippen LogP contribution in [0.15, 0.2) is 36.7 Å². The van der Waals surface area contributed by atoms with E-state index in [0.717, 1.165) is 0 Å². The molecule has 2 aromatic rings. The van der Waals surface area contributed by atoms with E-state index in [1.807, 2.05) is 0 Å². The molecule has 0 bridgehead atoms. The van der Waals surface area contributed by atoms with Gasteiger partial charge < -0.3 is 4.74 Å². The fourth-order valence-electron chi connectivity index (χ4n) is 1.34. The molecule has 0 radical (unpaired) electrons. The minimum Gasteiger partial charge on any atom is -0.457 e. The predicted octanol–water partition coefficient (Wildman–Crippen LogP) is 1.67. The first-order chi connectivity index (χ1) is 8.66. The molecule has 92 valence electrons. The van der Waals surface area contributed by atoms with E-state index in [1.54, 1.807) is 6.20 Å². The van der Waals surface area contributed by atoms with Crippen LogP contribution in [0.2, 0.25) is 0 Å². The van der Waals surface area contributed by atoms with Crippen molar-refractivity contribution >= 4 is 11.7 Å². The van der Waals surface area contributed by atoms with Crippen LogP contribution in [0.4, 0.5) is 5.69 Å². The maximum absolute atomic E-state index is 11.6. The van der Waals surface area contributed by atoms with Crippen molar-refractivity contribution in [3.8, 4) is 0 Å². The van der Waals surface area contributed by atoms with Gasteiger partial charge in [-0.05, 0) is 6.07 Å². The van der Waals surface area contributed by atoms with Gasteiger partial charge in [0.15, 0.2) is 0 Å². The minimum absolute atomic E-state index is 0.0675. The second-order valence-electron chi connectivity index (χ2n) is 3.49. The molecule has 0 fully saturated rings. The Bertz CT molecular complexity index is 565. The molecule has 0 saturated heterocycles. The summed E-state index contributed by atoms with van der Waals surface area (Å²) < 4.78 is 4.99. The number of nitro groups is 1. The molecule has 18 heavy (non-hydrogen) atoms. The Balaban J connectivity index is 2.04. The largest absolute Gasteiger partial charge is 0.457 e.